The van der Waals surface area contributed by atoms with Gasteiger partial charge >= 0.3 is 0 Å². The van der Waals surface area contributed by atoms with E-state index in [0.717, 1.165) is 17.9 Å². The molecule has 0 saturated heterocycles. The molecule has 1 amide bonds. The maximum atomic E-state index is 12.0. The zero-order valence-corrected chi connectivity index (χ0v) is 15.1. The normalized spacial score (nSPS) is 11.7. The van der Waals surface area contributed by atoms with Crippen LogP contribution in [0.3, 0.4) is 0 Å². The molecular formula is C18H20Cl2N2O2. The first-order valence-electron chi connectivity index (χ1n) is 7.73. The van der Waals surface area contributed by atoms with Crippen molar-refractivity contribution in [3.63, 3.8) is 0 Å². The standard InChI is InChI=1S/C18H20Cl2N2O2/c1-3-12(2)24-15-7-4-13(5-8-15)22-18(23)11-21-14-6-9-16(19)17(20)10-14/h4-10,12,21H,3,11H2,1-2H3,(H,22,23). The number of nitrogens with one attached hydrogen (secondary N) is 2. The lowest BCUT2D eigenvalue weighted by Gasteiger charge is -2.13. The molecule has 2 N–H and O–H groups in total. The number of amides is 1. The molecule has 0 saturated carbocycles. The van der Waals surface area contributed by atoms with E-state index in [9.17, 15) is 4.79 Å². The van der Waals surface area contributed by atoms with Gasteiger partial charge in [-0.25, -0.2) is 0 Å². The monoisotopic (exact) mass is 366 g/mol. The Bertz CT molecular complexity index is 690. The minimum atomic E-state index is -0.156. The van der Waals surface area contributed by atoms with E-state index in [1.165, 1.54) is 0 Å². The average Bonchev–Trinajstić information content (AvgIpc) is 2.57. The molecule has 0 spiro atoms. The van der Waals surface area contributed by atoms with Crippen LogP contribution >= 0.6 is 23.2 Å². The van der Waals surface area contributed by atoms with Gasteiger partial charge in [0.1, 0.15) is 5.75 Å². The summed E-state index contributed by atoms with van der Waals surface area (Å²) in [4.78, 5) is 12.0. The fourth-order valence-corrected chi connectivity index (χ4v) is 2.22. The zero-order valence-electron chi connectivity index (χ0n) is 13.6. The Morgan fingerprint density at radius 2 is 1.75 bits per heavy atom. The van der Waals surface area contributed by atoms with Crippen LogP contribution in [0, 0.1) is 0 Å². The summed E-state index contributed by atoms with van der Waals surface area (Å²) in [6, 6.07) is 12.4. The highest BCUT2D eigenvalue weighted by Gasteiger charge is 2.05. The van der Waals surface area contributed by atoms with Gasteiger partial charge in [0, 0.05) is 11.4 Å². The summed E-state index contributed by atoms with van der Waals surface area (Å²) in [6.45, 7) is 4.22. The lowest BCUT2D eigenvalue weighted by atomic mass is 10.2. The molecule has 2 aromatic carbocycles. The summed E-state index contributed by atoms with van der Waals surface area (Å²) in [5.74, 6) is 0.632. The number of benzene rings is 2. The first-order chi connectivity index (χ1) is 11.5. The van der Waals surface area contributed by atoms with Crippen molar-refractivity contribution >= 4 is 40.5 Å². The van der Waals surface area contributed by atoms with Crippen molar-refractivity contribution in [2.45, 2.75) is 26.4 Å². The molecule has 2 aromatic rings. The number of hydrogen-bond donors (Lipinski definition) is 2. The van der Waals surface area contributed by atoms with Crippen LogP contribution in [-0.2, 0) is 4.79 Å². The van der Waals surface area contributed by atoms with E-state index in [0.29, 0.717) is 15.7 Å². The van der Waals surface area contributed by atoms with Crippen molar-refractivity contribution in [2.24, 2.45) is 0 Å². The van der Waals surface area contributed by atoms with Crippen LogP contribution < -0.4 is 15.4 Å². The second-order valence-corrected chi connectivity index (χ2v) is 6.21. The number of halogens is 2. The number of rotatable bonds is 7. The minimum absolute atomic E-state index is 0.128. The Labute approximate surface area is 152 Å². The second kappa shape index (κ2) is 8.81. The smallest absolute Gasteiger partial charge is 0.243 e. The van der Waals surface area contributed by atoms with Crippen molar-refractivity contribution < 1.29 is 9.53 Å². The quantitative estimate of drug-likeness (QED) is 0.705. The third-order valence-corrected chi connectivity index (χ3v) is 4.16. The van der Waals surface area contributed by atoms with Crippen LogP contribution in [0.4, 0.5) is 11.4 Å². The number of carbonyl (C=O) groups excluding carboxylic acids is 1. The van der Waals surface area contributed by atoms with Crippen LogP contribution in [0.2, 0.25) is 10.0 Å². The summed E-state index contributed by atoms with van der Waals surface area (Å²) in [7, 11) is 0. The van der Waals surface area contributed by atoms with E-state index in [1.807, 2.05) is 31.2 Å². The molecule has 128 valence electrons. The predicted octanol–water partition coefficient (Wildman–Crippen LogP) is 5.22. The highest BCUT2D eigenvalue weighted by atomic mass is 35.5. The van der Waals surface area contributed by atoms with E-state index in [4.69, 9.17) is 27.9 Å². The van der Waals surface area contributed by atoms with Gasteiger partial charge in [0.25, 0.3) is 0 Å². The topological polar surface area (TPSA) is 50.4 Å². The highest BCUT2D eigenvalue weighted by Crippen LogP contribution is 2.25. The van der Waals surface area contributed by atoms with Gasteiger partial charge in [-0.15, -0.1) is 0 Å². The average molecular weight is 367 g/mol. The van der Waals surface area contributed by atoms with Crippen molar-refractivity contribution in [1.29, 1.82) is 0 Å². The van der Waals surface area contributed by atoms with Crippen molar-refractivity contribution in [3.8, 4) is 5.75 Å². The van der Waals surface area contributed by atoms with E-state index >= 15 is 0 Å². The Morgan fingerprint density at radius 3 is 2.38 bits per heavy atom. The Kier molecular flexibility index (Phi) is 6.76. The lowest BCUT2D eigenvalue weighted by Crippen LogP contribution is -2.21. The molecule has 1 atom stereocenters. The van der Waals surface area contributed by atoms with Gasteiger partial charge in [0.05, 0.1) is 22.7 Å². The second-order valence-electron chi connectivity index (χ2n) is 5.39. The van der Waals surface area contributed by atoms with Crippen LogP contribution in [-0.4, -0.2) is 18.6 Å². The third-order valence-electron chi connectivity index (χ3n) is 3.42. The molecule has 24 heavy (non-hydrogen) atoms. The number of carbonyl (C=O) groups is 1. The summed E-state index contributed by atoms with van der Waals surface area (Å²) in [5.41, 5.74) is 1.45. The van der Waals surface area contributed by atoms with Crippen molar-refractivity contribution in [2.75, 3.05) is 17.2 Å². The molecule has 0 bridgehead atoms. The molecular weight excluding hydrogens is 347 g/mol. The summed E-state index contributed by atoms with van der Waals surface area (Å²) in [5, 5.41) is 6.74. The molecule has 6 heteroatoms. The summed E-state index contributed by atoms with van der Waals surface area (Å²) >= 11 is 11.8. The largest absolute Gasteiger partial charge is 0.491 e. The first-order valence-corrected chi connectivity index (χ1v) is 8.49. The highest BCUT2D eigenvalue weighted by molar-refractivity contribution is 6.42. The molecule has 2 rings (SSSR count). The van der Waals surface area contributed by atoms with Gasteiger partial charge in [-0.2, -0.15) is 0 Å². The fraction of sp³-hybridized carbons (Fsp3) is 0.278. The molecule has 1 unspecified atom stereocenters. The van der Waals surface area contributed by atoms with Gasteiger partial charge in [0.15, 0.2) is 0 Å². The van der Waals surface area contributed by atoms with Gasteiger partial charge in [-0.05, 0) is 55.8 Å². The first kappa shape index (κ1) is 18.4. The van der Waals surface area contributed by atoms with Crippen LogP contribution in [0.15, 0.2) is 42.5 Å². The lowest BCUT2D eigenvalue weighted by molar-refractivity contribution is -0.114. The molecule has 0 aliphatic heterocycles. The molecule has 4 nitrogen and oxygen atoms in total. The van der Waals surface area contributed by atoms with Gasteiger partial charge < -0.3 is 15.4 Å². The Balaban J connectivity index is 1.84. The number of hydrogen-bond acceptors (Lipinski definition) is 3. The number of ether oxygens (including phenoxy) is 1. The van der Waals surface area contributed by atoms with Crippen LogP contribution in [0.5, 0.6) is 5.75 Å². The Morgan fingerprint density at radius 1 is 1.08 bits per heavy atom. The van der Waals surface area contributed by atoms with Gasteiger partial charge in [-0.3, -0.25) is 4.79 Å². The summed E-state index contributed by atoms with van der Waals surface area (Å²) in [6.07, 6.45) is 1.11. The maximum Gasteiger partial charge on any atom is 0.243 e. The van der Waals surface area contributed by atoms with Crippen LogP contribution in [0.25, 0.3) is 0 Å². The van der Waals surface area contributed by atoms with E-state index < -0.39 is 0 Å². The van der Waals surface area contributed by atoms with Gasteiger partial charge in [-0.1, -0.05) is 30.1 Å². The van der Waals surface area contributed by atoms with Crippen molar-refractivity contribution in [1.82, 2.24) is 0 Å². The SMILES string of the molecule is CCC(C)Oc1ccc(NC(=O)CNc2ccc(Cl)c(Cl)c2)cc1. The molecule has 0 heterocycles. The van der Waals surface area contributed by atoms with Gasteiger partial charge in [0.2, 0.25) is 5.91 Å². The zero-order chi connectivity index (χ0) is 17.5. The molecule has 0 aliphatic carbocycles. The maximum absolute atomic E-state index is 12.0. The van der Waals surface area contributed by atoms with E-state index in [-0.39, 0.29) is 18.6 Å². The Hall–Kier alpha value is -1.91. The van der Waals surface area contributed by atoms with E-state index in [2.05, 4.69) is 17.6 Å². The molecule has 0 fully saturated rings. The fourth-order valence-electron chi connectivity index (χ4n) is 1.93. The molecule has 0 radical (unpaired) electrons. The van der Waals surface area contributed by atoms with Crippen molar-refractivity contribution in [3.05, 3.63) is 52.5 Å². The minimum Gasteiger partial charge on any atom is -0.491 e. The van der Waals surface area contributed by atoms with E-state index in [1.54, 1.807) is 18.2 Å². The molecule has 0 aromatic heterocycles. The summed E-state index contributed by atoms with van der Waals surface area (Å²) < 4.78 is 5.70. The molecule has 0 aliphatic rings. The van der Waals surface area contributed by atoms with Crippen LogP contribution in [0.1, 0.15) is 20.3 Å². The third kappa shape index (κ3) is 5.62. The predicted molar refractivity (Wildman–Crippen MR) is 100 cm³/mol. The number of anilines is 2.